The zero-order chi connectivity index (χ0) is 16.6. The maximum Gasteiger partial charge on any atom is 0.357 e. The molecular formula is C12H29NO6P2. The van der Waals surface area contributed by atoms with Crippen LogP contribution in [0.1, 0.15) is 71.1 Å². The minimum atomic E-state index is -5.07. The minimum absolute atomic E-state index is 0.293. The molecule has 0 unspecified atom stereocenters. The fraction of sp³-hybridized carbons (Fsp3) is 1.00. The Morgan fingerprint density at radius 2 is 1.10 bits per heavy atom. The summed E-state index contributed by atoms with van der Waals surface area (Å²) in [6, 6.07) is 0. The number of rotatable bonds is 12. The highest BCUT2D eigenvalue weighted by molar-refractivity contribution is 7.72. The smallest absolute Gasteiger partial charge is 0.323 e. The van der Waals surface area contributed by atoms with Gasteiger partial charge in [-0.3, -0.25) is 9.13 Å². The Balaban J connectivity index is 4.03. The van der Waals surface area contributed by atoms with Crippen molar-refractivity contribution in [3.8, 4) is 0 Å². The molecule has 0 atom stereocenters. The van der Waals surface area contributed by atoms with Crippen LogP contribution in [0, 0.1) is 0 Å². The number of hydrogen-bond acceptors (Lipinski definition) is 3. The molecule has 0 aliphatic rings. The first kappa shape index (κ1) is 21.3. The molecule has 0 bridgehead atoms. The van der Waals surface area contributed by atoms with Gasteiger partial charge in [0.1, 0.15) is 0 Å². The Morgan fingerprint density at radius 1 is 0.762 bits per heavy atom. The van der Waals surface area contributed by atoms with Gasteiger partial charge in [0, 0.05) is 0 Å². The zero-order valence-corrected chi connectivity index (χ0v) is 14.4. The molecule has 0 heterocycles. The van der Waals surface area contributed by atoms with Crippen molar-refractivity contribution in [3.05, 3.63) is 0 Å². The molecule has 0 amide bonds. The molecule has 6 N–H and O–H groups in total. The first-order valence-corrected chi connectivity index (χ1v) is 10.7. The molecule has 0 spiro atoms. The SMILES string of the molecule is CCCCCCCCCCCC(N)(P(=O)(O)O)P(=O)(O)O. The highest BCUT2D eigenvalue weighted by Gasteiger charge is 2.56. The van der Waals surface area contributed by atoms with Crippen LogP contribution < -0.4 is 5.73 Å². The van der Waals surface area contributed by atoms with Gasteiger partial charge in [0.05, 0.1) is 0 Å². The predicted octanol–water partition coefficient (Wildman–Crippen LogP) is 2.88. The van der Waals surface area contributed by atoms with E-state index >= 15 is 0 Å². The molecule has 0 aromatic rings. The van der Waals surface area contributed by atoms with Crippen molar-refractivity contribution in [2.24, 2.45) is 5.73 Å². The Kier molecular flexibility index (Phi) is 9.53. The third-order valence-corrected chi connectivity index (χ3v) is 7.69. The summed E-state index contributed by atoms with van der Waals surface area (Å²) in [5, 5.41) is -2.75. The maximum atomic E-state index is 11.2. The minimum Gasteiger partial charge on any atom is -0.323 e. The Hall–Kier alpha value is 0.260. The predicted molar refractivity (Wildman–Crippen MR) is 82.9 cm³/mol. The summed E-state index contributed by atoms with van der Waals surface area (Å²) in [6.45, 7) is 2.15. The van der Waals surface area contributed by atoms with Gasteiger partial charge in [0.15, 0.2) is 0 Å². The molecule has 0 aromatic carbocycles. The normalized spacial score (nSPS) is 13.6. The van der Waals surface area contributed by atoms with Gasteiger partial charge in [-0.1, -0.05) is 64.7 Å². The van der Waals surface area contributed by atoms with Crippen LogP contribution in [0.2, 0.25) is 0 Å². The average Bonchev–Trinajstić information content (AvgIpc) is 2.33. The van der Waals surface area contributed by atoms with E-state index in [-0.39, 0.29) is 6.42 Å². The summed E-state index contributed by atoms with van der Waals surface area (Å²) in [6.07, 6.45) is 8.43. The van der Waals surface area contributed by atoms with Crippen molar-refractivity contribution < 1.29 is 28.7 Å². The third-order valence-electron chi connectivity index (χ3n) is 3.66. The summed E-state index contributed by atoms with van der Waals surface area (Å²) >= 11 is 0. The van der Waals surface area contributed by atoms with Gasteiger partial charge in [-0.2, -0.15) is 0 Å². The molecule has 0 radical (unpaired) electrons. The summed E-state index contributed by atoms with van der Waals surface area (Å²) in [7, 11) is -10.1. The summed E-state index contributed by atoms with van der Waals surface area (Å²) in [5.74, 6) is 0. The van der Waals surface area contributed by atoms with Crippen LogP contribution in [0.3, 0.4) is 0 Å². The van der Waals surface area contributed by atoms with Crippen LogP contribution in [0.5, 0.6) is 0 Å². The zero-order valence-electron chi connectivity index (χ0n) is 12.6. The molecule has 0 saturated carbocycles. The molecule has 9 heteroatoms. The van der Waals surface area contributed by atoms with E-state index < -0.39 is 20.2 Å². The van der Waals surface area contributed by atoms with E-state index in [4.69, 9.17) is 25.3 Å². The average molecular weight is 345 g/mol. The van der Waals surface area contributed by atoms with E-state index in [9.17, 15) is 9.13 Å². The van der Waals surface area contributed by atoms with E-state index in [1.165, 1.54) is 25.7 Å². The first-order valence-electron chi connectivity index (χ1n) is 7.46. The highest BCUT2D eigenvalue weighted by Crippen LogP contribution is 2.67. The van der Waals surface area contributed by atoms with Gasteiger partial charge in [-0.15, -0.1) is 0 Å². The number of unbranched alkanes of at least 4 members (excludes halogenated alkanes) is 8. The molecule has 128 valence electrons. The van der Waals surface area contributed by atoms with Crippen molar-refractivity contribution in [1.82, 2.24) is 0 Å². The highest BCUT2D eigenvalue weighted by atomic mass is 31.2. The van der Waals surface area contributed by atoms with Gasteiger partial charge in [-0.05, 0) is 6.42 Å². The van der Waals surface area contributed by atoms with Crippen molar-refractivity contribution in [1.29, 1.82) is 0 Å². The molecule has 0 saturated heterocycles. The number of nitrogens with two attached hydrogens (primary N) is 1. The molecule has 0 rings (SSSR count). The van der Waals surface area contributed by atoms with Crippen molar-refractivity contribution in [3.63, 3.8) is 0 Å². The van der Waals surface area contributed by atoms with E-state index in [0.717, 1.165) is 19.3 Å². The second-order valence-corrected chi connectivity index (χ2v) is 9.67. The molecule has 21 heavy (non-hydrogen) atoms. The lowest BCUT2D eigenvalue weighted by Gasteiger charge is -2.30. The maximum absolute atomic E-state index is 11.2. The van der Waals surface area contributed by atoms with Gasteiger partial charge in [0.2, 0.25) is 5.02 Å². The molecule has 0 fully saturated rings. The van der Waals surface area contributed by atoms with Crippen molar-refractivity contribution >= 4 is 15.2 Å². The standard InChI is InChI=1S/C12H29NO6P2/c1-2-3-4-5-6-7-8-9-10-11-12(13,20(14,15)16)21(17,18)19/h2-11,13H2,1H3,(H2,14,15,16)(H2,17,18,19). The second-order valence-electron chi connectivity index (χ2n) is 5.55. The van der Waals surface area contributed by atoms with Crippen LogP contribution in [0.25, 0.3) is 0 Å². The van der Waals surface area contributed by atoms with E-state index in [2.05, 4.69) is 6.92 Å². The van der Waals surface area contributed by atoms with Crippen LogP contribution in [-0.4, -0.2) is 24.6 Å². The topological polar surface area (TPSA) is 141 Å². The molecule has 0 aliphatic carbocycles. The third kappa shape index (κ3) is 7.38. The lowest BCUT2D eigenvalue weighted by Crippen LogP contribution is -2.39. The second kappa shape index (κ2) is 9.41. The van der Waals surface area contributed by atoms with E-state index in [0.29, 0.717) is 12.8 Å². The lowest BCUT2D eigenvalue weighted by atomic mass is 10.1. The molecule has 0 aromatic heterocycles. The van der Waals surface area contributed by atoms with Gasteiger partial charge in [-0.25, -0.2) is 0 Å². The molecular weight excluding hydrogens is 316 g/mol. The quantitative estimate of drug-likeness (QED) is 0.270. The van der Waals surface area contributed by atoms with Gasteiger partial charge in [0.25, 0.3) is 0 Å². The van der Waals surface area contributed by atoms with E-state index in [1.54, 1.807) is 0 Å². The summed E-state index contributed by atoms with van der Waals surface area (Å²) in [4.78, 5) is 36.4. The van der Waals surface area contributed by atoms with Gasteiger partial charge >= 0.3 is 15.2 Å². The summed E-state index contributed by atoms with van der Waals surface area (Å²) < 4.78 is 22.5. The van der Waals surface area contributed by atoms with Crippen molar-refractivity contribution in [2.45, 2.75) is 76.2 Å². The summed E-state index contributed by atoms with van der Waals surface area (Å²) in [5.41, 5.74) is 5.32. The Morgan fingerprint density at radius 3 is 1.43 bits per heavy atom. The van der Waals surface area contributed by atoms with Crippen LogP contribution >= 0.6 is 15.2 Å². The van der Waals surface area contributed by atoms with Crippen LogP contribution in [0.15, 0.2) is 0 Å². The Bertz CT molecular complexity index is 356. The fourth-order valence-electron chi connectivity index (χ4n) is 2.16. The van der Waals surface area contributed by atoms with E-state index in [1.807, 2.05) is 0 Å². The van der Waals surface area contributed by atoms with Crippen LogP contribution in [-0.2, 0) is 9.13 Å². The largest absolute Gasteiger partial charge is 0.357 e. The number of hydrogen-bond donors (Lipinski definition) is 5. The van der Waals surface area contributed by atoms with Crippen molar-refractivity contribution in [2.75, 3.05) is 0 Å². The molecule has 7 nitrogen and oxygen atoms in total. The monoisotopic (exact) mass is 345 g/mol. The molecule has 0 aliphatic heterocycles. The first-order chi connectivity index (χ1) is 9.56. The van der Waals surface area contributed by atoms with Gasteiger partial charge < -0.3 is 25.3 Å². The Labute approximate surface area is 126 Å². The fourth-order valence-corrected chi connectivity index (χ4v) is 4.41. The van der Waals surface area contributed by atoms with Crippen LogP contribution in [0.4, 0.5) is 0 Å². The lowest BCUT2D eigenvalue weighted by molar-refractivity contribution is 0.300.